The zero-order valence-corrected chi connectivity index (χ0v) is 14.9. The Morgan fingerprint density at radius 2 is 1.70 bits per heavy atom. The Labute approximate surface area is 143 Å². The average molecular weight is 330 g/mol. The summed E-state index contributed by atoms with van der Waals surface area (Å²) in [7, 11) is 1.71. The second kappa shape index (κ2) is 7.95. The Morgan fingerprint density at radius 1 is 0.957 bits per heavy atom. The van der Waals surface area contributed by atoms with Crippen molar-refractivity contribution < 1.29 is 4.74 Å². The van der Waals surface area contributed by atoms with Gasteiger partial charge in [-0.25, -0.2) is 0 Å². The van der Waals surface area contributed by atoms with E-state index in [0.29, 0.717) is 0 Å². The minimum absolute atomic E-state index is 0.913. The molecule has 4 heteroatoms. The van der Waals surface area contributed by atoms with Crippen LogP contribution in [-0.2, 0) is 6.54 Å². The van der Waals surface area contributed by atoms with E-state index in [1.165, 1.54) is 54.5 Å². The van der Waals surface area contributed by atoms with E-state index in [9.17, 15) is 0 Å². The van der Waals surface area contributed by atoms with Crippen molar-refractivity contribution in [2.75, 3.05) is 39.8 Å². The highest BCUT2D eigenvalue weighted by Crippen LogP contribution is 2.30. The number of methoxy groups -OCH3 is 1. The fourth-order valence-electron chi connectivity index (χ4n) is 3.09. The number of rotatable bonds is 5. The molecule has 0 unspecified atom stereocenters. The van der Waals surface area contributed by atoms with Gasteiger partial charge in [-0.3, -0.25) is 4.90 Å². The standard InChI is InChI=1S/C19H26N2OS/c1-3-20-11-4-12-21(14-13-20)15-18-9-10-19(23-18)16-5-7-17(22-2)8-6-16/h5-10H,3-4,11-15H2,1-2H3. The molecule has 23 heavy (non-hydrogen) atoms. The predicted molar refractivity (Wildman–Crippen MR) is 98.3 cm³/mol. The van der Waals surface area contributed by atoms with Crippen LogP contribution < -0.4 is 4.74 Å². The van der Waals surface area contributed by atoms with Gasteiger partial charge in [0, 0.05) is 29.4 Å². The van der Waals surface area contributed by atoms with Gasteiger partial charge in [-0.1, -0.05) is 6.92 Å². The fraction of sp³-hybridized carbons (Fsp3) is 0.474. The summed E-state index contributed by atoms with van der Waals surface area (Å²) in [5, 5.41) is 0. The van der Waals surface area contributed by atoms with Crippen LogP contribution in [0.15, 0.2) is 36.4 Å². The van der Waals surface area contributed by atoms with E-state index in [0.717, 1.165) is 12.3 Å². The van der Waals surface area contributed by atoms with E-state index < -0.39 is 0 Å². The van der Waals surface area contributed by atoms with Gasteiger partial charge in [0.1, 0.15) is 5.75 Å². The molecule has 0 aliphatic carbocycles. The van der Waals surface area contributed by atoms with Gasteiger partial charge in [-0.2, -0.15) is 0 Å². The van der Waals surface area contributed by atoms with Crippen molar-refractivity contribution in [2.45, 2.75) is 19.9 Å². The number of ether oxygens (including phenoxy) is 1. The van der Waals surface area contributed by atoms with E-state index in [1.807, 2.05) is 23.5 Å². The molecule has 0 amide bonds. The Balaban J connectivity index is 1.62. The fourth-order valence-corrected chi connectivity index (χ4v) is 4.15. The first-order valence-electron chi connectivity index (χ1n) is 8.46. The number of likely N-dealkylation sites (N-methyl/N-ethyl adjacent to an activating group) is 1. The molecule has 1 fully saturated rings. The summed E-state index contributed by atoms with van der Waals surface area (Å²) in [5.41, 5.74) is 1.27. The summed E-state index contributed by atoms with van der Waals surface area (Å²) in [6.07, 6.45) is 1.28. The topological polar surface area (TPSA) is 15.7 Å². The normalized spacial score (nSPS) is 17.1. The van der Waals surface area contributed by atoms with Crippen LogP contribution in [0.25, 0.3) is 10.4 Å². The van der Waals surface area contributed by atoms with Crippen LogP contribution in [0.4, 0.5) is 0 Å². The molecular weight excluding hydrogens is 304 g/mol. The van der Waals surface area contributed by atoms with Crippen LogP contribution >= 0.6 is 11.3 Å². The largest absolute Gasteiger partial charge is 0.497 e. The third-order valence-corrected chi connectivity index (χ3v) is 5.66. The lowest BCUT2D eigenvalue weighted by molar-refractivity contribution is 0.259. The number of thiophene rings is 1. The maximum Gasteiger partial charge on any atom is 0.118 e. The summed E-state index contributed by atoms with van der Waals surface area (Å²) in [5.74, 6) is 0.913. The zero-order chi connectivity index (χ0) is 16.1. The highest BCUT2D eigenvalue weighted by molar-refractivity contribution is 7.15. The van der Waals surface area contributed by atoms with Crippen molar-refractivity contribution in [3.63, 3.8) is 0 Å². The maximum absolute atomic E-state index is 5.23. The molecule has 0 saturated carbocycles. The third-order valence-electron chi connectivity index (χ3n) is 4.54. The van der Waals surface area contributed by atoms with Crippen molar-refractivity contribution in [3.05, 3.63) is 41.3 Å². The summed E-state index contributed by atoms with van der Waals surface area (Å²) in [6.45, 7) is 9.36. The molecule has 0 bridgehead atoms. The van der Waals surface area contributed by atoms with Crippen LogP contribution in [0.5, 0.6) is 5.75 Å². The maximum atomic E-state index is 5.23. The van der Waals surface area contributed by atoms with E-state index in [4.69, 9.17) is 4.74 Å². The molecule has 1 aliphatic rings. The van der Waals surface area contributed by atoms with Crippen molar-refractivity contribution >= 4 is 11.3 Å². The number of benzene rings is 1. The molecule has 0 radical (unpaired) electrons. The van der Waals surface area contributed by atoms with E-state index in [2.05, 4.69) is 41.0 Å². The molecule has 2 aromatic rings. The SMILES string of the molecule is CCN1CCCN(Cc2ccc(-c3ccc(OC)cc3)s2)CC1. The number of hydrogen-bond donors (Lipinski definition) is 0. The quantitative estimate of drug-likeness (QED) is 0.825. The monoisotopic (exact) mass is 330 g/mol. The van der Waals surface area contributed by atoms with Gasteiger partial charge in [-0.05, 0) is 68.0 Å². The van der Waals surface area contributed by atoms with E-state index in [1.54, 1.807) is 7.11 Å². The molecule has 3 rings (SSSR count). The van der Waals surface area contributed by atoms with E-state index in [-0.39, 0.29) is 0 Å². The van der Waals surface area contributed by atoms with Crippen molar-refractivity contribution in [2.24, 2.45) is 0 Å². The summed E-state index contributed by atoms with van der Waals surface area (Å²) in [6, 6.07) is 12.9. The molecule has 0 atom stereocenters. The smallest absolute Gasteiger partial charge is 0.118 e. The second-order valence-corrected chi connectivity index (χ2v) is 7.23. The molecular formula is C19H26N2OS. The minimum atomic E-state index is 0.913. The summed E-state index contributed by atoms with van der Waals surface area (Å²) in [4.78, 5) is 7.95. The van der Waals surface area contributed by atoms with Gasteiger partial charge in [0.25, 0.3) is 0 Å². The first-order valence-corrected chi connectivity index (χ1v) is 9.28. The first kappa shape index (κ1) is 16.5. The Bertz CT molecular complexity index is 608. The molecule has 2 heterocycles. The van der Waals surface area contributed by atoms with Crippen LogP contribution in [0.3, 0.4) is 0 Å². The molecule has 0 spiro atoms. The van der Waals surface area contributed by atoms with Gasteiger partial charge in [0.2, 0.25) is 0 Å². The van der Waals surface area contributed by atoms with Crippen LogP contribution in [0.2, 0.25) is 0 Å². The zero-order valence-electron chi connectivity index (χ0n) is 14.1. The average Bonchev–Trinajstić information content (AvgIpc) is 2.93. The lowest BCUT2D eigenvalue weighted by Gasteiger charge is -2.20. The Hall–Kier alpha value is -1.36. The highest BCUT2D eigenvalue weighted by atomic mass is 32.1. The lowest BCUT2D eigenvalue weighted by Crippen LogP contribution is -2.30. The Morgan fingerprint density at radius 3 is 2.43 bits per heavy atom. The van der Waals surface area contributed by atoms with Crippen molar-refractivity contribution in [1.82, 2.24) is 9.80 Å². The van der Waals surface area contributed by atoms with Gasteiger partial charge in [0.05, 0.1) is 7.11 Å². The Kier molecular flexibility index (Phi) is 5.70. The van der Waals surface area contributed by atoms with Gasteiger partial charge in [-0.15, -0.1) is 11.3 Å². The molecule has 3 nitrogen and oxygen atoms in total. The number of nitrogens with zero attached hydrogens (tertiary/aromatic N) is 2. The van der Waals surface area contributed by atoms with Gasteiger partial charge < -0.3 is 9.64 Å². The molecule has 1 saturated heterocycles. The molecule has 1 aliphatic heterocycles. The highest BCUT2D eigenvalue weighted by Gasteiger charge is 2.14. The van der Waals surface area contributed by atoms with Crippen LogP contribution in [-0.4, -0.2) is 49.6 Å². The minimum Gasteiger partial charge on any atom is -0.497 e. The molecule has 124 valence electrons. The number of hydrogen-bond acceptors (Lipinski definition) is 4. The van der Waals surface area contributed by atoms with Crippen LogP contribution in [0.1, 0.15) is 18.2 Å². The summed E-state index contributed by atoms with van der Waals surface area (Å²) < 4.78 is 5.23. The van der Waals surface area contributed by atoms with E-state index >= 15 is 0 Å². The third kappa shape index (κ3) is 4.34. The van der Waals surface area contributed by atoms with Crippen molar-refractivity contribution in [1.29, 1.82) is 0 Å². The predicted octanol–water partition coefficient (Wildman–Crippen LogP) is 3.95. The van der Waals surface area contributed by atoms with Gasteiger partial charge >= 0.3 is 0 Å². The summed E-state index contributed by atoms with van der Waals surface area (Å²) >= 11 is 1.91. The van der Waals surface area contributed by atoms with Gasteiger partial charge in [0.15, 0.2) is 0 Å². The lowest BCUT2D eigenvalue weighted by atomic mass is 10.2. The molecule has 1 aromatic carbocycles. The first-order chi connectivity index (χ1) is 11.3. The molecule has 0 N–H and O–H groups in total. The van der Waals surface area contributed by atoms with Crippen molar-refractivity contribution in [3.8, 4) is 16.2 Å². The molecule has 1 aromatic heterocycles. The second-order valence-electron chi connectivity index (χ2n) is 6.06. The van der Waals surface area contributed by atoms with Crippen LogP contribution in [0, 0.1) is 0 Å².